The van der Waals surface area contributed by atoms with Gasteiger partial charge in [-0.05, 0) is 32.0 Å². The van der Waals surface area contributed by atoms with Gasteiger partial charge in [-0.3, -0.25) is 4.79 Å². The Bertz CT molecular complexity index is 452. The maximum Gasteiger partial charge on any atom is 0.258 e. The minimum atomic E-state index is -0.223. The molecular weight excluding hydrogens is 280 g/mol. The molecule has 0 aliphatic heterocycles. The van der Waals surface area contributed by atoms with Crippen molar-refractivity contribution in [3.63, 3.8) is 0 Å². The summed E-state index contributed by atoms with van der Waals surface area (Å²) in [5, 5.41) is 3.35. The highest BCUT2D eigenvalue weighted by molar-refractivity contribution is 6.30. The lowest BCUT2D eigenvalue weighted by molar-refractivity contribution is -0.124. The van der Waals surface area contributed by atoms with E-state index in [0.29, 0.717) is 17.4 Å². The molecule has 6 heteroatoms. The molecule has 0 aliphatic rings. The zero-order valence-electron chi connectivity index (χ0n) is 12.0. The summed E-state index contributed by atoms with van der Waals surface area (Å²) in [5.74, 6) is 0.360. The molecule has 112 valence electrons. The molecule has 0 heterocycles. The topological polar surface area (TPSA) is 73.6 Å². The number of methoxy groups -OCH3 is 1. The number of ether oxygens (including phenoxy) is 2. The second kappa shape index (κ2) is 8.09. The van der Waals surface area contributed by atoms with E-state index in [1.807, 2.05) is 13.8 Å². The molecule has 0 fully saturated rings. The largest absolute Gasteiger partial charge is 0.483 e. The van der Waals surface area contributed by atoms with Crippen LogP contribution >= 0.6 is 11.6 Å². The summed E-state index contributed by atoms with van der Waals surface area (Å²) in [6.07, 6.45) is 0. The first-order valence-electron chi connectivity index (χ1n) is 6.40. The zero-order chi connectivity index (χ0) is 15.1. The molecule has 5 nitrogen and oxygen atoms in total. The minimum absolute atomic E-state index is 0.0609. The van der Waals surface area contributed by atoms with E-state index in [1.165, 1.54) is 0 Å². The summed E-state index contributed by atoms with van der Waals surface area (Å²) in [6.45, 7) is 4.07. The van der Waals surface area contributed by atoms with Gasteiger partial charge in [0.2, 0.25) is 0 Å². The first kappa shape index (κ1) is 16.8. The summed E-state index contributed by atoms with van der Waals surface area (Å²) in [6, 6.07) is 4.88. The van der Waals surface area contributed by atoms with Gasteiger partial charge in [-0.15, -0.1) is 0 Å². The Morgan fingerprint density at radius 3 is 2.75 bits per heavy atom. The minimum Gasteiger partial charge on any atom is -0.483 e. The van der Waals surface area contributed by atoms with Gasteiger partial charge in [0.25, 0.3) is 5.91 Å². The predicted molar refractivity (Wildman–Crippen MR) is 79.0 cm³/mol. The van der Waals surface area contributed by atoms with Crippen LogP contribution in [0.3, 0.4) is 0 Å². The molecule has 0 aromatic heterocycles. The molecule has 1 aromatic carbocycles. The summed E-state index contributed by atoms with van der Waals surface area (Å²) < 4.78 is 10.4. The number of nitrogens with one attached hydrogen (secondary N) is 1. The molecular formula is C14H21ClN2O3. The number of benzene rings is 1. The third-order valence-corrected chi connectivity index (χ3v) is 2.88. The number of carbonyl (C=O) groups is 1. The average molecular weight is 301 g/mol. The third-order valence-electron chi connectivity index (χ3n) is 2.65. The Balaban J connectivity index is 2.59. The van der Waals surface area contributed by atoms with Gasteiger partial charge in [0.1, 0.15) is 5.75 Å². The third kappa shape index (κ3) is 5.36. The highest BCUT2D eigenvalue weighted by Gasteiger charge is 2.12. The predicted octanol–water partition coefficient (Wildman–Crippen LogP) is 1.89. The lowest BCUT2D eigenvalue weighted by Crippen LogP contribution is -2.38. The van der Waals surface area contributed by atoms with Crippen LogP contribution < -0.4 is 15.8 Å². The van der Waals surface area contributed by atoms with Gasteiger partial charge < -0.3 is 20.5 Å². The van der Waals surface area contributed by atoms with Crippen molar-refractivity contribution in [1.82, 2.24) is 5.32 Å². The lowest BCUT2D eigenvalue weighted by atomic mass is 10.1. The van der Waals surface area contributed by atoms with Gasteiger partial charge in [-0.2, -0.15) is 0 Å². The number of hydrogen-bond donors (Lipinski definition) is 2. The van der Waals surface area contributed by atoms with Crippen LogP contribution in [-0.2, 0) is 9.53 Å². The van der Waals surface area contributed by atoms with Crippen molar-refractivity contribution in [1.29, 1.82) is 0 Å². The summed E-state index contributed by atoms with van der Waals surface area (Å²) in [5.41, 5.74) is 6.63. The molecule has 0 radical (unpaired) electrons. The summed E-state index contributed by atoms with van der Waals surface area (Å²) in [4.78, 5) is 11.7. The van der Waals surface area contributed by atoms with Crippen LogP contribution in [0.25, 0.3) is 0 Å². The standard InChI is InChI=1S/C14H21ClN2O3/c1-9(7-19-3)17-14(18)8-20-13-5-4-11(15)6-12(13)10(2)16/h4-6,9-10H,7-8,16H2,1-3H3,(H,17,18)/t9?,10-/m0/s1. The fraction of sp³-hybridized carbons (Fsp3) is 0.500. The normalized spacial score (nSPS) is 13.7. The monoisotopic (exact) mass is 300 g/mol. The van der Waals surface area contributed by atoms with Crippen LogP contribution in [0, 0.1) is 0 Å². The van der Waals surface area contributed by atoms with Crippen LogP contribution in [0.5, 0.6) is 5.75 Å². The fourth-order valence-corrected chi connectivity index (χ4v) is 1.94. The second-order valence-electron chi connectivity index (χ2n) is 4.68. The van der Waals surface area contributed by atoms with Crippen molar-refractivity contribution in [3.8, 4) is 5.75 Å². The number of rotatable bonds is 7. The molecule has 3 N–H and O–H groups in total. The number of carbonyl (C=O) groups excluding carboxylic acids is 1. The van der Waals surface area contributed by atoms with Crippen LogP contribution in [-0.4, -0.2) is 32.3 Å². The van der Waals surface area contributed by atoms with Crippen molar-refractivity contribution >= 4 is 17.5 Å². The maximum absolute atomic E-state index is 11.7. The van der Waals surface area contributed by atoms with E-state index in [4.69, 9.17) is 26.8 Å². The molecule has 1 aromatic rings. The Labute approximate surface area is 124 Å². The molecule has 1 rings (SSSR count). The molecule has 1 amide bonds. The average Bonchev–Trinajstić information content (AvgIpc) is 2.37. The number of hydrogen-bond acceptors (Lipinski definition) is 4. The fourth-order valence-electron chi connectivity index (χ4n) is 1.76. The van der Waals surface area contributed by atoms with E-state index in [0.717, 1.165) is 5.56 Å². The number of amides is 1. The Kier molecular flexibility index (Phi) is 6.78. The lowest BCUT2D eigenvalue weighted by Gasteiger charge is -2.16. The Morgan fingerprint density at radius 2 is 2.15 bits per heavy atom. The van der Waals surface area contributed by atoms with Gasteiger partial charge in [0.05, 0.1) is 6.61 Å². The van der Waals surface area contributed by atoms with E-state index >= 15 is 0 Å². The second-order valence-corrected chi connectivity index (χ2v) is 5.12. The van der Waals surface area contributed by atoms with Crippen molar-refractivity contribution < 1.29 is 14.3 Å². The number of halogens is 1. The zero-order valence-corrected chi connectivity index (χ0v) is 12.7. The van der Waals surface area contributed by atoms with Crippen LogP contribution in [0.15, 0.2) is 18.2 Å². The van der Waals surface area contributed by atoms with E-state index in [9.17, 15) is 4.79 Å². The van der Waals surface area contributed by atoms with Crippen molar-refractivity contribution in [3.05, 3.63) is 28.8 Å². The highest BCUT2D eigenvalue weighted by Crippen LogP contribution is 2.27. The van der Waals surface area contributed by atoms with Crippen LogP contribution in [0.2, 0.25) is 5.02 Å². The van der Waals surface area contributed by atoms with Crippen LogP contribution in [0.4, 0.5) is 0 Å². The molecule has 0 aliphatic carbocycles. The van der Waals surface area contributed by atoms with Crippen molar-refractivity contribution in [2.24, 2.45) is 5.73 Å². The molecule has 20 heavy (non-hydrogen) atoms. The SMILES string of the molecule is COCC(C)NC(=O)COc1ccc(Cl)cc1[C@H](C)N. The first-order valence-corrected chi connectivity index (χ1v) is 6.78. The summed E-state index contributed by atoms with van der Waals surface area (Å²) in [7, 11) is 1.59. The van der Waals surface area contributed by atoms with Gasteiger partial charge in [-0.1, -0.05) is 11.6 Å². The Morgan fingerprint density at radius 1 is 1.45 bits per heavy atom. The van der Waals surface area contributed by atoms with Crippen LogP contribution in [0.1, 0.15) is 25.5 Å². The molecule has 1 unspecified atom stereocenters. The highest BCUT2D eigenvalue weighted by atomic mass is 35.5. The first-order chi connectivity index (χ1) is 9.43. The van der Waals surface area contributed by atoms with Gasteiger partial charge in [-0.25, -0.2) is 0 Å². The van der Waals surface area contributed by atoms with Gasteiger partial charge in [0.15, 0.2) is 6.61 Å². The maximum atomic E-state index is 11.7. The molecule has 0 saturated heterocycles. The van der Waals surface area contributed by atoms with Gasteiger partial charge >= 0.3 is 0 Å². The number of nitrogens with two attached hydrogens (primary N) is 1. The van der Waals surface area contributed by atoms with Gasteiger partial charge in [0, 0.05) is 29.8 Å². The van der Waals surface area contributed by atoms with E-state index in [2.05, 4.69) is 5.32 Å². The molecule has 0 bridgehead atoms. The smallest absolute Gasteiger partial charge is 0.258 e. The van der Waals surface area contributed by atoms with E-state index < -0.39 is 0 Å². The summed E-state index contributed by atoms with van der Waals surface area (Å²) >= 11 is 5.92. The van der Waals surface area contributed by atoms with Crippen molar-refractivity contribution in [2.75, 3.05) is 20.3 Å². The molecule has 0 spiro atoms. The van der Waals surface area contributed by atoms with E-state index in [-0.39, 0.29) is 24.6 Å². The quantitative estimate of drug-likeness (QED) is 0.806. The van der Waals surface area contributed by atoms with Crippen molar-refractivity contribution in [2.45, 2.75) is 25.9 Å². The van der Waals surface area contributed by atoms with E-state index in [1.54, 1.807) is 25.3 Å². The molecule has 2 atom stereocenters. The molecule has 0 saturated carbocycles. The Hall–Kier alpha value is -1.30.